The Bertz CT molecular complexity index is 569. The summed E-state index contributed by atoms with van der Waals surface area (Å²) in [6.45, 7) is 0. The molecule has 0 aromatic heterocycles. The van der Waals surface area contributed by atoms with E-state index in [4.69, 9.17) is 11.6 Å². The van der Waals surface area contributed by atoms with E-state index in [0.717, 1.165) is 3.57 Å². The lowest BCUT2D eigenvalue weighted by atomic mass is 10.1. The van der Waals surface area contributed by atoms with Gasteiger partial charge in [-0.05, 0) is 58.0 Å². The van der Waals surface area contributed by atoms with Crippen LogP contribution in [0.15, 0.2) is 36.4 Å². The van der Waals surface area contributed by atoms with Crippen LogP contribution in [0.4, 0.5) is 8.78 Å². The lowest BCUT2D eigenvalue weighted by molar-refractivity contribution is 0.0479. The molecule has 2 aromatic rings. The number of halogens is 4. The van der Waals surface area contributed by atoms with Crippen molar-refractivity contribution in [3.63, 3.8) is 0 Å². The predicted octanol–water partition coefficient (Wildman–Crippen LogP) is 5.07. The largest absolute Gasteiger partial charge is 0.299 e. The molecule has 0 radical (unpaired) electrons. The van der Waals surface area contributed by atoms with Crippen molar-refractivity contribution in [3.8, 4) is 11.1 Å². The highest BCUT2D eigenvalue weighted by Gasteiger charge is 2.44. The monoisotopic (exact) mass is 362 g/mol. The second-order valence-corrected chi connectivity index (χ2v) is 5.64. The molecule has 0 spiro atoms. The van der Waals surface area contributed by atoms with Crippen molar-refractivity contribution in [2.24, 2.45) is 0 Å². The van der Waals surface area contributed by atoms with E-state index in [1.54, 1.807) is 18.2 Å². The van der Waals surface area contributed by atoms with Crippen molar-refractivity contribution < 1.29 is 8.78 Å². The SMILES string of the molecule is FC1(F)c2cc(Cl)ccc2-c2ccc(I)cc21. The second kappa shape index (κ2) is 3.65. The van der Waals surface area contributed by atoms with Gasteiger partial charge in [-0.25, -0.2) is 0 Å². The molecule has 0 N–H and O–H groups in total. The summed E-state index contributed by atoms with van der Waals surface area (Å²) in [6.07, 6.45) is 0. The van der Waals surface area contributed by atoms with Crippen LogP contribution in [-0.2, 0) is 5.92 Å². The number of benzene rings is 2. The van der Waals surface area contributed by atoms with Gasteiger partial charge in [0.25, 0.3) is 5.92 Å². The van der Waals surface area contributed by atoms with E-state index in [0.29, 0.717) is 16.1 Å². The molecule has 0 heterocycles. The number of alkyl halides is 2. The first-order chi connectivity index (χ1) is 8.00. The molecule has 17 heavy (non-hydrogen) atoms. The highest BCUT2D eigenvalue weighted by Crippen LogP contribution is 2.51. The maximum Gasteiger partial charge on any atom is 0.299 e. The molecular formula is C13H6ClF2I. The zero-order chi connectivity index (χ0) is 12.2. The van der Waals surface area contributed by atoms with Crippen LogP contribution in [0.2, 0.25) is 5.02 Å². The van der Waals surface area contributed by atoms with Crippen LogP contribution in [0.5, 0.6) is 0 Å². The third-order valence-corrected chi connectivity index (χ3v) is 3.84. The van der Waals surface area contributed by atoms with Gasteiger partial charge in [0.05, 0.1) is 0 Å². The van der Waals surface area contributed by atoms with Crippen molar-refractivity contribution in [2.45, 2.75) is 5.92 Å². The quantitative estimate of drug-likeness (QED) is 0.574. The smallest absolute Gasteiger partial charge is 0.196 e. The summed E-state index contributed by atoms with van der Waals surface area (Å²) >= 11 is 7.83. The average Bonchev–Trinajstić information content (AvgIpc) is 2.49. The third-order valence-electron chi connectivity index (χ3n) is 2.93. The van der Waals surface area contributed by atoms with Crippen LogP contribution < -0.4 is 0 Å². The summed E-state index contributed by atoms with van der Waals surface area (Å²) in [5, 5.41) is 0.339. The number of hydrogen-bond donors (Lipinski definition) is 0. The normalized spacial score (nSPS) is 15.5. The fourth-order valence-corrected chi connectivity index (χ4v) is 2.83. The first-order valence-electron chi connectivity index (χ1n) is 4.98. The van der Waals surface area contributed by atoms with Gasteiger partial charge in [-0.2, -0.15) is 8.78 Å². The Hall–Kier alpha value is -0.680. The molecule has 3 rings (SSSR count). The number of rotatable bonds is 0. The van der Waals surface area contributed by atoms with Gasteiger partial charge < -0.3 is 0 Å². The molecule has 0 aliphatic heterocycles. The van der Waals surface area contributed by atoms with Crippen LogP contribution in [0.3, 0.4) is 0 Å². The highest BCUT2D eigenvalue weighted by molar-refractivity contribution is 14.1. The Morgan fingerprint density at radius 2 is 1.53 bits per heavy atom. The lowest BCUT2D eigenvalue weighted by Crippen LogP contribution is -2.11. The van der Waals surface area contributed by atoms with E-state index in [-0.39, 0.29) is 11.1 Å². The van der Waals surface area contributed by atoms with E-state index >= 15 is 0 Å². The molecule has 1 aliphatic carbocycles. The minimum Gasteiger partial charge on any atom is -0.196 e. The molecule has 1 aliphatic rings. The molecule has 2 aromatic carbocycles. The van der Waals surface area contributed by atoms with Crippen molar-refractivity contribution in [1.82, 2.24) is 0 Å². The average molecular weight is 363 g/mol. The molecule has 0 fully saturated rings. The Kier molecular flexibility index (Phi) is 2.45. The first kappa shape index (κ1) is 11.4. The Balaban J connectivity index is 2.37. The van der Waals surface area contributed by atoms with Gasteiger partial charge in [-0.15, -0.1) is 0 Å². The minimum atomic E-state index is -2.95. The molecule has 0 saturated heterocycles. The molecule has 0 bridgehead atoms. The molecule has 0 amide bonds. The van der Waals surface area contributed by atoms with Crippen LogP contribution >= 0.6 is 34.2 Å². The summed E-state index contributed by atoms with van der Waals surface area (Å²) in [5.41, 5.74) is 1.25. The summed E-state index contributed by atoms with van der Waals surface area (Å²) in [7, 11) is 0. The minimum absolute atomic E-state index is 0.00185. The maximum absolute atomic E-state index is 14.2. The molecule has 4 heteroatoms. The van der Waals surface area contributed by atoms with Gasteiger partial charge in [0.15, 0.2) is 0 Å². The molecule has 0 unspecified atom stereocenters. The standard InChI is InChI=1S/C13H6ClF2I/c14-7-1-3-9-10-4-2-8(17)6-12(10)13(15,16)11(9)5-7/h1-6H. The van der Waals surface area contributed by atoms with Gasteiger partial charge in [0.1, 0.15) is 0 Å². The van der Waals surface area contributed by atoms with Crippen LogP contribution in [0, 0.1) is 3.57 Å². The Morgan fingerprint density at radius 3 is 2.24 bits per heavy atom. The van der Waals surface area contributed by atoms with E-state index in [1.807, 2.05) is 28.7 Å². The molecule has 0 nitrogen and oxygen atoms in total. The van der Waals surface area contributed by atoms with Crippen LogP contribution in [-0.4, -0.2) is 0 Å². The Labute approximate surface area is 116 Å². The zero-order valence-electron chi connectivity index (χ0n) is 8.48. The summed E-state index contributed by atoms with van der Waals surface area (Å²) in [6, 6.07) is 9.76. The summed E-state index contributed by atoms with van der Waals surface area (Å²) < 4.78 is 29.3. The van der Waals surface area contributed by atoms with Gasteiger partial charge in [-0.3, -0.25) is 0 Å². The zero-order valence-corrected chi connectivity index (χ0v) is 11.4. The third kappa shape index (κ3) is 1.59. The lowest BCUT2D eigenvalue weighted by Gasteiger charge is -2.12. The van der Waals surface area contributed by atoms with Crippen molar-refractivity contribution in [3.05, 3.63) is 56.1 Å². The molecule has 0 atom stereocenters. The number of hydrogen-bond acceptors (Lipinski definition) is 0. The first-order valence-corrected chi connectivity index (χ1v) is 6.44. The van der Waals surface area contributed by atoms with E-state index in [2.05, 4.69) is 0 Å². The fraction of sp³-hybridized carbons (Fsp3) is 0.0769. The van der Waals surface area contributed by atoms with Gasteiger partial charge in [0.2, 0.25) is 0 Å². The van der Waals surface area contributed by atoms with Gasteiger partial charge in [0, 0.05) is 19.7 Å². The molecule has 86 valence electrons. The molecule has 0 saturated carbocycles. The summed E-state index contributed by atoms with van der Waals surface area (Å²) in [4.78, 5) is 0. The maximum atomic E-state index is 14.2. The van der Waals surface area contributed by atoms with Crippen LogP contribution in [0.1, 0.15) is 11.1 Å². The highest BCUT2D eigenvalue weighted by atomic mass is 127. The van der Waals surface area contributed by atoms with E-state index < -0.39 is 5.92 Å². The van der Waals surface area contributed by atoms with E-state index in [9.17, 15) is 8.78 Å². The second-order valence-electron chi connectivity index (χ2n) is 3.95. The van der Waals surface area contributed by atoms with Gasteiger partial charge >= 0.3 is 0 Å². The van der Waals surface area contributed by atoms with Crippen molar-refractivity contribution in [2.75, 3.05) is 0 Å². The molecular weight excluding hydrogens is 356 g/mol. The topological polar surface area (TPSA) is 0 Å². The van der Waals surface area contributed by atoms with Crippen molar-refractivity contribution >= 4 is 34.2 Å². The summed E-state index contributed by atoms with van der Waals surface area (Å²) in [5.74, 6) is -2.95. The van der Waals surface area contributed by atoms with Crippen LogP contribution in [0.25, 0.3) is 11.1 Å². The Morgan fingerprint density at radius 1 is 0.941 bits per heavy atom. The van der Waals surface area contributed by atoms with Gasteiger partial charge in [-0.1, -0.05) is 23.7 Å². The fourth-order valence-electron chi connectivity index (χ4n) is 2.17. The van der Waals surface area contributed by atoms with E-state index in [1.165, 1.54) is 12.1 Å². The van der Waals surface area contributed by atoms with Crippen molar-refractivity contribution in [1.29, 1.82) is 0 Å². The predicted molar refractivity (Wildman–Crippen MR) is 72.6 cm³/mol. The number of fused-ring (bicyclic) bond motifs is 3.